The van der Waals surface area contributed by atoms with Gasteiger partial charge in [0.1, 0.15) is 5.82 Å². The number of imidazole rings is 1. The van der Waals surface area contributed by atoms with Crippen LogP contribution in [0.25, 0.3) is 0 Å². The third-order valence-corrected chi connectivity index (χ3v) is 2.47. The molecule has 1 aromatic carbocycles. The van der Waals surface area contributed by atoms with Crippen LogP contribution in [0.4, 0.5) is 13.2 Å². The van der Waals surface area contributed by atoms with E-state index in [4.69, 9.17) is 0 Å². The quantitative estimate of drug-likeness (QED) is 0.789. The summed E-state index contributed by atoms with van der Waals surface area (Å²) < 4.78 is 38.7. The molecule has 2 rings (SSSR count). The molecule has 0 saturated heterocycles. The maximum absolute atomic E-state index is 12.4. The highest BCUT2D eigenvalue weighted by atomic mass is 19.4. The molecule has 0 N–H and O–H groups in total. The standard InChI is InChI=1S/C12H11F3N2/c1-17-8-10(12(13,14)15)16-11(17)7-9-5-3-2-4-6-9/h2-6,8H,7H2,1H3. The molecule has 0 aliphatic rings. The van der Waals surface area contributed by atoms with E-state index >= 15 is 0 Å². The first-order chi connectivity index (χ1) is 7.97. The summed E-state index contributed by atoms with van der Waals surface area (Å²) in [5.74, 6) is 0.406. The molecular weight excluding hydrogens is 229 g/mol. The monoisotopic (exact) mass is 240 g/mol. The summed E-state index contributed by atoms with van der Waals surface area (Å²) in [6.07, 6.45) is -2.97. The topological polar surface area (TPSA) is 17.8 Å². The summed E-state index contributed by atoms with van der Waals surface area (Å²) in [5.41, 5.74) is 0.0980. The highest BCUT2D eigenvalue weighted by Gasteiger charge is 2.34. The minimum atomic E-state index is -4.38. The Bertz CT molecular complexity index is 500. The zero-order valence-corrected chi connectivity index (χ0v) is 9.20. The van der Waals surface area contributed by atoms with Gasteiger partial charge in [0.2, 0.25) is 0 Å². The molecule has 1 heterocycles. The minimum Gasteiger partial charge on any atom is -0.337 e. The molecule has 0 bridgehead atoms. The Balaban J connectivity index is 2.26. The number of hydrogen-bond acceptors (Lipinski definition) is 1. The van der Waals surface area contributed by atoms with Crippen LogP contribution in [0.2, 0.25) is 0 Å². The first kappa shape index (κ1) is 11.7. The van der Waals surface area contributed by atoms with Crippen molar-refractivity contribution in [3.63, 3.8) is 0 Å². The minimum absolute atomic E-state index is 0.396. The van der Waals surface area contributed by atoms with Crippen LogP contribution in [0, 0.1) is 0 Å². The van der Waals surface area contributed by atoms with Gasteiger partial charge >= 0.3 is 6.18 Å². The number of hydrogen-bond donors (Lipinski definition) is 0. The lowest BCUT2D eigenvalue weighted by molar-refractivity contribution is -0.141. The summed E-state index contributed by atoms with van der Waals surface area (Å²) >= 11 is 0. The molecule has 0 amide bonds. The smallest absolute Gasteiger partial charge is 0.337 e. The van der Waals surface area contributed by atoms with Gasteiger partial charge in [-0.15, -0.1) is 0 Å². The van der Waals surface area contributed by atoms with E-state index < -0.39 is 11.9 Å². The van der Waals surface area contributed by atoms with Crippen LogP contribution >= 0.6 is 0 Å². The summed E-state index contributed by atoms with van der Waals surface area (Å²) in [6.45, 7) is 0. The lowest BCUT2D eigenvalue weighted by Crippen LogP contribution is -2.05. The van der Waals surface area contributed by atoms with Gasteiger partial charge in [-0.3, -0.25) is 0 Å². The van der Waals surface area contributed by atoms with E-state index in [-0.39, 0.29) is 0 Å². The number of aryl methyl sites for hydroxylation is 1. The van der Waals surface area contributed by atoms with Crippen LogP contribution in [-0.4, -0.2) is 9.55 Å². The fourth-order valence-electron chi connectivity index (χ4n) is 1.58. The molecule has 1 aromatic heterocycles. The van der Waals surface area contributed by atoms with Crippen LogP contribution in [0.15, 0.2) is 36.5 Å². The summed E-state index contributed by atoms with van der Waals surface area (Å²) in [7, 11) is 1.57. The molecule has 2 aromatic rings. The molecule has 0 aliphatic carbocycles. The van der Waals surface area contributed by atoms with Gasteiger partial charge in [0.25, 0.3) is 0 Å². The molecule has 2 nitrogen and oxygen atoms in total. The second-order valence-corrected chi connectivity index (χ2v) is 3.81. The Hall–Kier alpha value is -1.78. The van der Waals surface area contributed by atoms with Crippen molar-refractivity contribution in [2.24, 2.45) is 7.05 Å². The van der Waals surface area contributed by atoms with Crippen molar-refractivity contribution in [2.75, 3.05) is 0 Å². The van der Waals surface area contributed by atoms with Gasteiger partial charge in [-0.2, -0.15) is 13.2 Å². The van der Waals surface area contributed by atoms with Gasteiger partial charge in [0.15, 0.2) is 5.69 Å². The van der Waals surface area contributed by atoms with Gasteiger partial charge in [-0.1, -0.05) is 30.3 Å². The van der Waals surface area contributed by atoms with Crippen molar-refractivity contribution in [2.45, 2.75) is 12.6 Å². The largest absolute Gasteiger partial charge is 0.434 e. The molecule has 90 valence electrons. The number of halogens is 3. The fourth-order valence-corrected chi connectivity index (χ4v) is 1.58. The average Bonchev–Trinajstić information content (AvgIpc) is 2.62. The molecular formula is C12H11F3N2. The number of alkyl halides is 3. The second-order valence-electron chi connectivity index (χ2n) is 3.81. The molecule has 0 saturated carbocycles. The third-order valence-electron chi connectivity index (χ3n) is 2.47. The Kier molecular flexibility index (Phi) is 2.92. The highest BCUT2D eigenvalue weighted by molar-refractivity contribution is 5.20. The summed E-state index contributed by atoms with van der Waals surface area (Å²) in [4.78, 5) is 3.61. The predicted octanol–water partition coefficient (Wildman–Crippen LogP) is 3.03. The zero-order chi connectivity index (χ0) is 12.5. The number of rotatable bonds is 2. The zero-order valence-electron chi connectivity index (χ0n) is 9.20. The van der Waals surface area contributed by atoms with E-state index in [0.29, 0.717) is 12.2 Å². The van der Waals surface area contributed by atoms with E-state index in [1.54, 1.807) is 7.05 Å². The maximum atomic E-state index is 12.4. The third kappa shape index (κ3) is 2.67. The average molecular weight is 240 g/mol. The van der Waals surface area contributed by atoms with Crippen molar-refractivity contribution < 1.29 is 13.2 Å². The van der Waals surface area contributed by atoms with Crippen LogP contribution in [0.1, 0.15) is 17.1 Å². The van der Waals surface area contributed by atoms with E-state index in [2.05, 4.69) is 4.98 Å². The number of benzene rings is 1. The van der Waals surface area contributed by atoms with E-state index in [0.717, 1.165) is 11.8 Å². The van der Waals surface area contributed by atoms with Crippen molar-refractivity contribution >= 4 is 0 Å². The molecule has 0 unspecified atom stereocenters. The first-order valence-electron chi connectivity index (χ1n) is 5.10. The van der Waals surface area contributed by atoms with Crippen molar-refractivity contribution in [3.05, 3.63) is 53.6 Å². The van der Waals surface area contributed by atoms with E-state index in [1.165, 1.54) is 4.57 Å². The fraction of sp³-hybridized carbons (Fsp3) is 0.250. The van der Waals surface area contributed by atoms with Gasteiger partial charge in [0.05, 0.1) is 0 Å². The Labute approximate surface area is 96.7 Å². The Morgan fingerprint density at radius 1 is 1.18 bits per heavy atom. The normalized spacial score (nSPS) is 11.8. The number of aromatic nitrogens is 2. The molecule has 0 atom stereocenters. The molecule has 17 heavy (non-hydrogen) atoms. The first-order valence-corrected chi connectivity index (χ1v) is 5.10. The molecule has 5 heteroatoms. The van der Waals surface area contributed by atoms with Crippen LogP contribution in [0.5, 0.6) is 0 Å². The molecule has 0 spiro atoms. The second kappa shape index (κ2) is 4.24. The molecule has 0 fully saturated rings. The van der Waals surface area contributed by atoms with Gasteiger partial charge < -0.3 is 4.57 Å². The Morgan fingerprint density at radius 2 is 1.82 bits per heavy atom. The van der Waals surface area contributed by atoms with Gasteiger partial charge in [0, 0.05) is 19.7 Å². The predicted molar refractivity (Wildman–Crippen MR) is 57.5 cm³/mol. The lowest BCUT2D eigenvalue weighted by atomic mass is 10.1. The van der Waals surface area contributed by atoms with Gasteiger partial charge in [-0.05, 0) is 5.56 Å². The van der Waals surface area contributed by atoms with Crippen LogP contribution in [-0.2, 0) is 19.6 Å². The van der Waals surface area contributed by atoms with E-state index in [1.807, 2.05) is 30.3 Å². The van der Waals surface area contributed by atoms with Crippen LogP contribution in [0.3, 0.4) is 0 Å². The van der Waals surface area contributed by atoms with Gasteiger partial charge in [-0.25, -0.2) is 4.98 Å². The molecule has 0 radical (unpaired) electrons. The molecule has 0 aliphatic heterocycles. The summed E-state index contributed by atoms with van der Waals surface area (Å²) in [6, 6.07) is 9.29. The van der Waals surface area contributed by atoms with Crippen molar-refractivity contribution in [1.29, 1.82) is 0 Å². The van der Waals surface area contributed by atoms with E-state index in [9.17, 15) is 13.2 Å². The highest BCUT2D eigenvalue weighted by Crippen LogP contribution is 2.28. The van der Waals surface area contributed by atoms with Crippen molar-refractivity contribution in [3.8, 4) is 0 Å². The van der Waals surface area contributed by atoms with Crippen molar-refractivity contribution in [1.82, 2.24) is 9.55 Å². The Morgan fingerprint density at radius 3 is 2.35 bits per heavy atom. The maximum Gasteiger partial charge on any atom is 0.434 e. The van der Waals surface area contributed by atoms with Crippen LogP contribution < -0.4 is 0 Å². The number of nitrogens with zero attached hydrogens (tertiary/aromatic N) is 2. The SMILES string of the molecule is Cn1cc(C(F)(F)F)nc1Cc1ccccc1. The summed E-state index contributed by atoms with van der Waals surface area (Å²) in [5, 5.41) is 0. The lowest BCUT2D eigenvalue weighted by Gasteiger charge is -2.01.